The van der Waals surface area contributed by atoms with Crippen LogP contribution in [0, 0.1) is 5.92 Å². The standard InChI is InChI=1S/C33H61NO2.C14H30O/c1-3-16-30(17-4-2)24-29-36-33(32-22-23-32)19-13-9-7-11-15-26-34(27-28-35)25-14-10-6-5-8-12-18-31-20-21-31;1-4-6-8-10-12-14(15-3)13-11-9-7-5-2/h18,30,35H,3-17,19-29H2,1-2H3;14H,4-13H2,1-3H3. The molecule has 2 saturated carbocycles. The Morgan fingerprint density at radius 2 is 1.16 bits per heavy atom. The molecule has 51 heavy (non-hydrogen) atoms. The van der Waals surface area contributed by atoms with Crippen molar-refractivity contribution in [3.05, 3.63) is 23.0 Å². The average molecular weight is 718 g/mol. The summed E-state index contributed by atoms with van der Waals surface area (Å²) in [5, 5.41) is 9.44. The number of hydrogen-bond acceptors (Lipinski definition) is 4. The van der Waals surface area contributed by atoms with Gasteiger partial charge >= 0.3 is 0 Å². The van der Waals surface area contributed by atoms with Crippen LogP contribution in [0.5, 0.6) is 0 Å². The van der Waals surface area contributed by atoms with Crippen molar-refractivity contribution in [2.24, 2.45) is 5.92 Å². The quantitative estimate of drug-likeness (QED) is 0.0395. The van der Waals surface area contributed by atoms with E-state index >= 15 is 0 Å². The van der Waals surface area contributed by atoms with Crippen LogP contribution in [0.15, 0.2) is 23.0 Å². The third-order valence-corrected chi connectivity index (χ3v) is 11.1. The molecule has 0 saturated heterocycles. The second kappa shape index (κ2) is 36.2. The number of ether oxygens (including phenoxy) is 2. The van der Waals surface area contributed by atoms with Crippen molar-refractivity contribution in [3.8, 4) is 0 Å². The highest BCUT2D eigenvalue weighted by atomic mass is 16.5. The van der Waals surface area contributed by atoms with Gasteiger partial charge < -0.3 is 19.5 Å². The lowest BCUT2D eigenvalue weighted by atomic mass is 9.95. The van der Waals surface area contributed by atoms with E-state index in [-0.39, 0.29) is 0 Å². The summed E-state index contributed by atoms with van der Waals surface area (Å²) >= 11 is 0. The predicted molar refractivity (Wildman–Crippen MR) is 225 cm³/mol. The van der Waals surface area contributed by atoms with Gasteiger partial charge in [0.15, 0.2) is 0 Å². The van der Waals surface area contributed by atoms with E-state index in [9.17, 15) is 5.11 Å². The fourth-order valence-corrected chi connectivity index (χ4v) is 7.49. The van der Waals surface area contributed by atoms with E-state index in [0.29, 0.717) is 12.7 Å². The maximum absolute atomic E-state index is 9.44. The molecule has 302 valence electrons. The Bertz CT molecular complexity index is 777. The third kappa shape index (κ3) is 31.2. The Kier molecular flexibility index (Phi) is 34.2. The summed E-state index contributed by atoms with van der Waals surface area (Å²) in [7, 11) is 1.87. The van der Waals surface area contributed by atoms with E-state index < -0.39 is 0 Å². The molecule has 0 aromatic heterocycles. The lowest BCUT2D eigenvalue weighted by Gasteiger charge is -2.21. The molecule has 2 aliphatic rings. The Morgan fingerprint density at radius 3 is 1.67 bits per heavy atom. The van der Waals surface area contributed by atoms with E-state index in [1.165, 1.54) is 198 Å². The predicted octanol–water partition coefficient (Wildman–Crippen LogP) is 14.3. The fraction of sp³-hybridized carbons (Fsp3) is 0.915. The molecule has 4 nitrogen and oxygen atoms in total. The average Bonchev–Trinajstić information content (AvgIpc) is 4.07. The van der Waals surface area contributed by atoms with Crippen LogP contribution >= 0.6 is 0 Å². The number of unbranched alkanes of at least 4 members (excludes halogenated alkanes) is 15. The topological polar surface area (TPSA) is 41.9 Å². The Morgan fingerprint density at radius 1 is 0.608 bits per heavy atom. The fourth-order valence-electron chi connectivity index (χ4n) is 7.49. The van der Waals surface area contributed by atoms with Crippen LogP contribution in [0.2, 0.25) is 0 Å². The first-order valence-corrected chi connectivity index (χ1v) is 23.0. The molecule has 4 heteroatoms. The number of allylic oxidation sites excluding steroid dienone is 4. The van der Waals surface area contributed by atoms with Crippen molar-refractivity contribution < 1.29 is 14.6 Å². The summed E-state index contributed by atoms with van der Waals surface area (Å²) in [5.41, 5.74) is 3.30. The lowest BCUT2D eigenvalue weighted by molar-refractivity contribution is 0.0832. The Labute approximate surface area is 320 Å². The smallest absolute Gasteiger partial charge is 0.0951 e. The van der Waals surface area contributed by atoms with Gasteiger partial charge in [0.25, 0.3) is 0 Å². The van der Waals surface area contributed by atoms with Crippen molar-refractivity contribution in [2.45, 2.75) is 233 Å². The van der Waals surface area contributed by atoms with Gasteiger partial charge in [0.1, 0.15) is 0 Å². The van der Waals surface area contributed by atoms with E-state index in [1.54, 1.807) is 11.1 Å². The van der Waals surface area contributed by atoms with Crippen LogP contribution in [-0.4, -0.2) is 56.1 Å². The molecule has 2 rings (SSSR count). The van der Waals surface area contributed by atoms with Crippen molar-refractivity contribution in [1.82, 2.24) is 4.90 Å². The van der Waals surface area contributed by atoms with Gasteiger partial charge in [0, 0.05) is 20.1 Å². The van der Waals surface area contributed by atoms with Crippen molar-refractivity contribution in [3.63, 3.8) is 0 Å². The van der Waals surface area contributed by atoms with Crippen LogP contribution in [0.3, 0.4) is 0 Å². The van der Waals surface area contributed by atoms with E-state index in [4.69, 9.17) is 9.47 Å². The zero-order valence-corrected chi connectivity index (χ0v) is 35.4. The van der Waals surface area contributed by atoms with Gasteiger partial charge in [-0.1, -0.05) is 155 Å². The van der Waals surface area contributed by atoms with Gasteiger partial charge in [0.05, 0.1) is 25.1 Å². The molecular weight excluding hydrogens is 627 g/mol. The zero-order valence-electron chi connectivity index (χ0n) is 35.4. The van der Waals surface area contributed by atoms with Crippen molar-refractivity contribution in [1.29, 1.82) is 0 Å². The monoisotopic (exact) mass is 718 g/mol. The molecule has 2 aliphatic carbocycles. The minimum absolute atomic E-state index is 0.295. The second-order valence-electron chi connectivity index (χ2n) is 16.2. The molecule has 0 spiro atoms. The highest BCUT2D eigenvalue weighted by Gasteiger charge is 2.19. The molecule has 2 fully saturated rings. The largest absolute Gasteiger partial charge is 0.498 e. The van der Waals surface area contributed by atoms with Crippen LogP contribution in [0.25, 0.3) is 0 Å². The molecule has 0 atom stereocenters. The highest BCUT2D eigenvalue weighted by molar-refractivity contribution is 5.21. The minimum atomic E-state index is 0.295. The summed E-state index contributed by atoms with van der Waals surface area (Å²) in [6, 6.07) is 0. The van der Waals surface area contributed by atoms with Gasteiger partial charge in [-0.05, 0) is 102 Å². The molecule has 0 unspecified atom stereocenters. The molecule has 0 aromatic carbocycles. The minimum Gasteiger partial charge on any atom is -0.498 e. The second-order valence-corrected chi connectivity index (χ2v) is 16.2. The molecular formula is C47H91NO3. The number of rotatable bonds is 37. The van der Waals surface area contributed by atoms with E-state index in [0.717, 1.165) is 38.6 Å². The van der Waals surface area contributed by atoms with Gasteiger partial charge in [-0.15, -0.1) is 0 Å². The molecule has 0 aliphatic heterocycles. The summed E-state index contributed by atoms with van der Waals surface area (Å²) in [6.07, 6.45) is 44.0. The first kappa shape index (κ1) is 48.2. The maximum atomic E-state index is 9.44. The molecule has 1 N–H and O–H groups in total. The summed E-state index contributed by atoms with van der Waals surface area (Å²) in [6.45, 7) is 13.5. The van der Waals surface area contributed by atoms with Gasteiger partial charge in [-0.2, -0.15) is 0 Å². The van der Waals surface area contributed by atoms with Crippen LogP contribution in [-0.2, 0) is 9.47 Å². The maximum Gasteiger partial charge on any atom is 0.0951 e. The molecule has 0 radical (unpaired) electrons. The number of aliphatic hydroxyl groups is 1. The molecule has 0 heterocycles. The lowest BCUT2D eigenvalue weighted by Crippen LogP contribution is -2.29. The van der Waals surface area contributed by atoms with Crippen molar-refractivity contribution in [2.75, 3.05) is 40.0 Å². The summed E-state index contributed by atoms with van der Waals surface area (Å²) in [4.78, 5) is 2.49. The molecule has 0 amide bonds. The normalized spacial score (nSPS) is 13.7. The summed E-state index contributed by atoms with van der Waals surface area (Å²) < 4.78 is 11.8. The van der Waals surface area contributed by atoms with Crippen LogP contribution < -0.4 is 0 Å². The first-order valence-electron chi connectivity index (χ1n) is 23.0. The van der Waals surface area contributed by atoms with Gasteiger partial charge in [-0.25, -0.2) is 0 Å². The van der Waals surface area contributed by atoms with Gasteiger partial charge in [-0.3, -0.25) is 0 Å². The molecule has 0 bridgehead atoms. The van der Waals surface area contributed by atoms with E-state index in [1.807, 2.05) is 7.11 Å². The zero-order chi connectivity index (χ0) is 37.0. The summed E-state index contributed by atoms with van der Waals surface area (Å²) in [5.74, 6) is 2.21. The van der Waals surface area contributed by atoms with Crippen molar-refractivity contribution >= 4 is 0 Å². The third-order valence-electron chi connectivity index (χ3n) is 11.1. The number of methoxy groups -OCH3 is 1. The van der Waals surface area contributed by atoms with Gasteiger partial charge in [0.2, 0.25) is 0 Å². The first-order chi connectivity index (χ1) is 25.1. The Balaban J connectivity index is 0.000000728. The number of hydrogen-bond donors (Lipinski definition) is 1. The highest BCUT2D eigenvalue weighted by Crippen LogP contribution is 2.35. The SMILES string of the molecule is CCCC(CCC)CCOC(CCCCCCCN(CCO)CCCCCCCC=C1CC1)=C1CC1.CCCCCCC(CCCCCC)OC. The van der Waals surface area contributed by atoms with Crippen LogP contribution in [0.4, 0.5) is 0 Å². The number of aliphatic hydroxyl groups excluding tert-OH is 1. The molecule has 0 aromatic rings. The van der Waals surface area contributed by atoms with E-state index in [2.05, 4.69) is 38.7 Å². The Hall–Kier alpha value is -0.840. The van der Waals surface area contributed by atoms with Crippen LogP contribution in [0.1, 0.15) is 227 Å². The number of nitrogens with zero attached hydrogens (tertiary/aromatic N) is 1.